The maximum absolute atomic E-state index is 15.1. The third kappa shape index (κ3) is 4.06. The van der Waals surface area contributed by atoms with Crippen LogP contribution in [0.2, 0.25) is 0 Å². The number of halogens is 15. The summed E-state index contributed by atoms with van der Waals surface area (Å²) in [7, 11) is -7.39. The molecule has 0 atom stereocenters. The van der Waals surface area contributed by atoms with E-state index in [0.29, 0.717) is 0 Å². The lowest BCUT2D eigenvalue weighted by atomic mass is 10.3. The molecule has 0 aromatic heterocycles. The van der Waals surface area contributed by atoms with Crippen molar-refractivity contribution in [1.82, 2.24) is 0 Å². The Morgan fingerprint density at radius 3 is 0.769 bits per heavy atom. The summed E-state index contributed by atoms with van der Waals surface area (Å²) in [4.78, 5) is 0. The van der Waals surface area contributed by atoms with Crippen molar-refractivity contribution >= 4 is 23.9 Å². The molecule has 39 heavy (non-hydrogen) atoms. The van der Waals surface area contributed by atoms with Gasteiger partial charge in [0.15, 0.2) is 69.8 Å². The Bertz CT molecular complexity index is 1330. The number of hydrogen-bond donors (Lipinski definition) is 0. The molecular weight excluding hydrogens is 593 g/mol. The summed E-state index contributed by atoms with van der Waals surface area (Å²) in [6.45, 7) is 5.79. The highest BCUT2D eigenvalue weighted by molar-refractivity contribution is 7.07. The van der Waals surface area contributed by atoms with Gasteiger partial charge in [-0.1, -0.05) is 13.2 Å². The van der Waals surface area contributed by atoms with E-state index in [1.807, 2.05) is 0 Å². The van der Waals surface area contributed by atoms with Crippen LogP contribution in [0.1, 0.15) is 0 Å². The van der Waals surface area contributed by atoms with Gasteiger partial charge in [-0.15, -0.1) is 0 Å². The van der Waals surface area contributed by atoms with Gasteiger partial charge in [-0.3, -0.25) is 0 Å². The van der Waals surface area contributed by atoms with Gasteiger partial charge in [-0.2, -0.15) is 0 Å². The van der Waals surface area contributed by atoms with Crippen LogP contribution in [-0.4, -0.2) is 8.32 Å². The lowest BCUT2D eigenvalue weighted by molar-refractivity contribution is 0.369. The van der Waals surface area contributed by atoms with Crippen molar-refractivity contribution in [3.05, 3.63) is 112 Å². The highest BCUT2D eigenvalue weighted by Gasteiger charge is 2.59. The van der Waals surface area contributed by atoms with Crippen LogP contribution < -0.4 is 15.6 Å². The molecule has 0 bridgehead atoms. The normalized spacial score (nSPS) is 11.7. The SMILES string of the molecule is C=CC(=C)O[Si](c1c(F)c(F)c(F)c(F)c1F)(c1c(F)c(F)c(F)c(F)c1F)c1c(F)c(F)c(F)c(F)c1F. The smallest absolute Gasteiger partial charge is 0.365 e. The predicted molar refractivity (Wildman–Crippen MR) is 104 cm³/mol. The van der Waals surface area contributed by atoms with Crippen molar-refractivity contribution < 1.29 is 70.3 Å². The molecule has 0 saturated carbocycles. The Kier molecular flexibility index (Phi) is 7.61. The second-order valence-electron chi connectivity index (χ2n) is 7.29. The monoisotopic (exact) mass is 598 g/mol. The topological polar surface area (TPSA) is 9.23 Å². The van der Waals surface area contributed by atoms with Gasteiger partial charge in [0.1, 0.15) is 0 Å². The van der Waals surface area contributed by atoms with Crippen molar-refractivity contribution in [3.8, 4) is 0 Å². The largest absolute Gasteiger partial charge is 0.530 e. The van der Waals surface area contributed by atoms with Crippen molar-refractivity contribution in [3.63, 3.8) is 0 Å². The minimum absolute atomic E-state index is 0.270. The van der Waals surface area contributed by atoms with E-state index in [-0.39, 0.29) is 6.08 Å². The molecule has 17 heteroatoms. The maximum Gasteiger partial charge on any atom is 0.365 e. The summed E-state index contributed by atoms with van der Waals surface area (Å²) in [6.07, 6.45) is 0.270. The third-order valence-electron chi connectivity index (χ3n) is 5.20. The second kappa shape index (κ2) is 10.0. The van der Waals surface area contributed by atoms with Crippen LogP contribution in [0, 0.1) is 87.3 Å². The van der Waals surface area contributed by atoms with E-state index in [1.54, 1.807) is 0 Å². The lowest BCUT2D eigenvalue weighted by Gasteiger charge is -2.35. The molecule has 0 aliphatic heterocycles. The second-order valence-corrected chi connectivity index (χ2v) is 10.4. The van der Waals surface area contributed by atoms with Crippen LogP contribution >= 0.6 is 0 Å². The van der Waals surface area contributed by atoms with Crippen molar-refractivity contribution in [2.45, 2.75) is 0 Å². The van der Waals surface area contributed by atoms with Crippen LogP contribution in [0.15, 0.2) is 25.0 Å². The Labute approximate surface area is 207 Å². The first-order valence-electron chi connectivity index (χ1n) is 9.54. The Morgan fingerprint density at radius 1 is 0.410 bits per heavy atom. The van der Waals surface area contributed by atoms with Gasteiger partial charge < -0.3 is 4.43 Å². The van der Waals surface area contributed by atoms with Crippen LogP contribution in [0.3, 0.4) is 0 Å². The molecule has 0 amide bonds. The highest BCUT2D eigenvalue weighted by atomic mass is 28.4. The number of rotatable bonds is 6. The zero-order chi connectivity index (χ0) is 29.9. The van der Waals surface area contributed by atoms with Crippen molar-refractivity contribution in [2.75, 3.05) is 0 Å². The molecule has 3 aromatic carbocycles. The Morgan fingerprint density at radius 2 is 0.590 bits per heavy atom. The first kappa shape index (κ1) is 29.7. The molecule has 0 heterocycles. The number of allylic oxidation sites excluding steroid dienone is 1. The summed E-state index contributed by atoms with van der Waals surface area (Å²) >= 11 is 0. The minimum atomic E-state index is -7.39. The van der Waals surface area contributed by atoms with Crippen LogP contribution in [0.25, 0.3) is 0 Å². The van der Waals surface area contributed by atoms with E-state index < -0.39 is 117 Å². The molecule has 3 aromatic rings. The van der Waals surface area contributed by atoms with Gasteiger partial charge in [-0.25, -0.2) is 65.9 Å². The zero-order valence-electron chi connectivity index (χ0n) is 18.1. The number of benzene rings is 3. The van der Waals surface area contributed by atoms with Gasteiger partial charge in [0.2, 0.25) is 17.5 Å². The minimum Gasteiger partial charge on any atom is -0.530 e. The molecule has 0 spiro atoms. The first-order valence-corrected chi connectivity index (χ1v) is 11.5. The van der Waals surface area contributed by atoms with Crippen LogP contribution in [0.5, 0.6) is 0 Å². The summed E-state index contributed by atoms with van der Waals surface area (Å²) in [5.41, 5.74) is 0. The molecule has 1 nitrogen and oxygen atoms in total. The standard InChI is InChI=1S/C22H5F15OSi/c1-3-4(2)38-39(20-14(32)8(26)5(23)9(27)15(20)33,21-16(34)10(28)6(24)11(29)17(21)35)22-18(36)12(30)7(25)13(31)19(22)37/h3H,1-2H2. The molecule has 0 fully saturated rings. The molecule has 0 aliphatic carbocycles. The summed E-state index contributed by atoms with van der Waals surface area (Å²) in [5, 5.41) is -8.48. The molecule has 3 rings (SSSR count). The molecular formula is C22H5F15OSi. The zero-order valence-corrected chi connectivity index (χ0v) is 19.1. The van der Waals surface area contributed by atoms with E-state index in [0.717, 1.165) is 0 Å². The summed E-state index contributed by atoms with van der Waals surface area (Å²) in [6, 6.07) is 0. The fraction of sp³-hybridized carbons (Fsp3) is 0. The molecule has 0 aliphatic rings. The number of hydrogen-bond acceptors (Lipinski definition) is 1. The molecule has 0 unspecified atom stereocenters. The van der Waals surface area contributed by atoms with E-state index in [1.165, 1.54) is 0 Å². The average Bonchev–Trinajstić information content (AvgIpc) is 2.90. The first-order chi connectivity index (χ1) is 18.0. The van der Waals surface area contributed by atoms with Gasteiger partial charge >= 0.3 is 8.32 Å². The molecule has 0 saturated heterocycles. The van der Waals surface area contributed by atoms with Crippen molar-refractivity contribution in [2.24, 2.45) is 0 Å². The third-order valence-corrected chi connectivity index (χ3v) is 9.20. The van der Waals surface area contributed by atoms with E-state index in [4.69, 9.17) is 4.43 Å². The van der Waals surface area contributed by atoms with Gasteiger partial charge in [0, 0.05) is 0 Å². The Balaban J connectivity index is 2.92. The van der Waals surface area contributed by atoms with Crippen LogP contribution in [0.4, 0.5) is 65.9 Å². The van der Waals surface area contributed by atoms with E-state index in [2.05, 4.69) is 13.2 Å². The lowest BCUT2D eigenvalue weighted by Crippen LogP contribution is -2.75. The summed E-state index contributed by atoms with van der Waals surface area (Å²) in [5.74, 6) is -48.0. The molecule has 0 radical (unpaired) electrons. The summed E-state index contributed by atoms with van der Waals surface area (Å²) < 4.78 is 222. The Hall–Kier alpha value is -3.89. The van der Waals surface area contributed by atoms with E-state index >= 15 is 26.3 Å². The average molecular weight is 598 g/mol. The predicted octanol–water partition coefficient (Wildman–Crippen LogP) is 5.46. The molecule has 208 valence electrons. The quantitative estimate of drug-likeness (QED) is 0.0698. The maximum atomic E-state index is 15.1. The van der Waals surface area contributed by atoms with E-state index in [9.17, 15) is 39.5 Å². The van der Waals surface area contributed by atoms with Gasteiger partial charge in [0.05, 0.1) is 21.3 Å². The highest BCUT2D eigenvalue weighted by Crippen LogP contribution is 2.29. The van der Waals surface area contributed by atoms with Gasteiger partial charge in [0.25, 0.3) is 0 Å². The van der Waals surface area contributed by atoms with Crippen molar-refractivity contribution in [1.29, 1.82) is 0 Å². The fourth-order valence-corrected chi connectivity index (χ4v) is 7.55. The molecule has 0 N–H and O–H groups in total. The van der Waals surface area contributed by atoms with Gasteiger partial charge in [-0.05, 0) is 6.08 Å². The van der Waals surface area contributed by atoms with Crippen LogP contribution in [-0.2, 0) is 4.43 Å². The fourth-order valence-electron chi connectivity index (χ4n) is 3.51.